The summed E-state index contributed by atoms with van der Waals surface area (Å²) in [4.78, 5) is 36.4. The second-order valence-electron chi connectivity index (χ2n) is 6.64. The fourth-order valence-corrected chi connectivity index (χ4v) is 4.21. The summed E-state index contributed by atoms with van der Waals surface area (Å²) < 4.78 is 26.5. The van der Waals surface area contributed by atoms with E-state index in [9.17, 15) is 27.9 Å². The Labute approximate surface area is 181 Å². The summed E-state index contributed by atoms with van der Waals surface area (Å²) in [7, 11) is -1.17. The Bertz CT molecular complexity index is 1370. The number of fused-ring (bicyclic) bond motifs is 1. The number of nitrogens with zero attached hydrogens (tertiary/aromatic N) is 3. The van der Waals surface area contributed by atoms with Crippen LogP contribution in [0.4, 0.5) is 5.69 Å². The van der Waals surface area contributed by atoms with Crippen molar-refractivity contribution in [2.45, 2.75) is 11.4 Å². The van der Waals surface area contributed by atoms with Crippen molar-refractivity contribution in [1.82, 2.24) is 14.1 Å². The normalized spacial score (nSPS) is 11.6. The number of carbonyl (C=O) groups is 2. The van der Waals surface area contributed by atoms with Crippen LogP contribution in [0.25, 0.3) is 10.8 Å². The number of halogens is 1. The monoisotopic (exact) mass is 464 g/mol. The Hall–Kier alpha value is -3.28. The van der Waals surface area contributed by atoms with Crippen LogP contribution in [-0.4, -0.2) is 53.6 Å². The molecule has 2 aromatic carbocycles. The molecule has 0 radical (unpaired) electrons. The number of amides is 1. The number of carboxylic acid groups (broad SMARTS) is 1. The molecule has 0 aliphatic heterocycles. The quantitative estimate of drug-likeness (QED) is 0.565. The maximum atomic E-state index is 12.6. The summed E-state index contributed by atoms with van der Waals surface area (Å²) in [6, 6.07) is 9.95. The number of aromatic carboxylic acids is 1. The van der Waals surface area contributed by atoms with Gasteiger partial charge in [0.15, 0.2) is 5.69 Å². The molecule has 3 rings (SSSR count). The first-order valence-corrected chi connectivity index (χ1v) is 10.6. The van der Waals surface area contributed by atoms with E-state index in [1.54, 1.807) is 12.1 Å². The molecule has 0 bridgehead atoms. The second kappa shape index (κ2) is 8.46. The van der Waals surface area contributed by atoms with E-state index in [1.165, 1.54) is 44.4 Å². The lowest BCUT2D eigenvalue weighted by molar-refractivity contribution is -0.117. The molecule has 1 heterocycles. The van der Waals surface area contributed by atoms with Gasteiger partial charge in [0, 0.05) is 25.2 Å². The highest BCUT2D eigenvalue weighted by atomic mass is 35.5. The summed E-state index contributed by atoms with van der Waals surface area (Å²) in [5.41, 5.74) is -0.876. The van der Waals surface area contributed by atoms with Gasteiger partial charge in [-0.15, -0.1) is 0 Å². The van der Waals surface area contributed by atoms with E-state index in [1.807, 2.05) is 0 Å². The Morgan fingerprint density at radius 3 is 2.42 bits per heavy atom. The highest BCUT2D eigenvalue weighted by Gasteiger charge is 2.22. The molecule has 2 N–H and O–H groups in total. The number of nitrogens with one attached hydrogen (secondary N) is 1. The van der Waals surface area contributed by atoms with E-state index >= 15 is 0 Å². The third-order valence-corrected chi connectivity index (χ3v) is 6.63. The van der Waals surface area contributed by atoms with E-state index in [2.05, 4.69) is 10.4 Å². The van der Waals surface area contributed by atoms with Gasteiger partial charge in [0.25, 0.3) is 5.56 Å². The molecule has 12 heteroatoms. The van der Waals surface area contributed by atoms with Crippen LogP contribution in [0.2, 0.25) is 5.02 Å². The number of carboxylic acids is 1. The van der Waals surface area contributed by atoms with Crippen LogP contribution < -0.4 is 10.9 Å². The number of hydrogen-bond acceptors (Lipinski definition) is 6. The zero-order valence-electron chi connectivity index (χ0n) is 16.4. The van der Waals surface area contributed by atoms with E-state index < -0.39 is 34.0 Å². The summed E-state index contributed by atoms with van der Waals surface area (Å²) in [5, 5.41) is 15.9. The van der Waals surface area contributed by atoms with Gasteiger partial charge in [-0.3, -0.25) is 9.59 Å². The van der Waals surface area contributed by atoms with Gasteiger partial charge in [-0.1, -0.05) is 29.8 Å². The summed E-state index contributed by atoms with van der Waals surface area (Å²) >= 11 is 5.98. The van der Waals surface area contributed by atoms with Crippen molar-refractivity contribution in [2.75, 3.05) is 19.4 Å². The van der Waals surface area contributed by atoms with Crippen molar-refractivity contribution in [3.05, 3.63) is 63.5 Å². The molecule has 31 heavy (non-hydrogen) atoms. The van der Waals surface area contributed by atoms with E-state index in [4.69, 9.17) is 11.6 Å². The minimum absolute atomic E-state index is 0.0229. The summed E-state index contributed by atoms with van der Waals surface area (Å²) in [5.74, 6) is -2.06. The fourth-order valence-electron chi connectivity index (χ4n) is 2.81. The first kappa shape index (κ1) is 22.4. The summed E-state index contributed by atoms with van der Waals surface area (Å²) in [6.45, 7) is -0.581. The van der Waals surface area contributed by atoms with Crippen LogP contribution in [0, 0.1) is 0 Å². The number of hydrogen-bond donors (Lipinski definition) is 2. The molecule has 0 spiro atoms. The standard InChI is InChI=1S/C19H17ClN4O6S/c1-23(2)31(29,30)15-9-11(7-8-14(15)20)21-16(25)10-24-18(26)13-6-4-3-5-12(13)17(22-24)19(27)28/h3-9H,10H2,1-2H3,(H,21,25)(H,27,28). The van der Waals surface area contributed by atoms with Gasteiger partial charge in [-0.05, 0) is 24.3 Å². The van der Waals surface area contributed by atoms with Gasteiger partial charge in [0.2, 0.25) is 15.9 Å². The van der Waals surface area contributed by atoms with Gasteiger partial charge in [0.1, 0.15) is 11.4 Å². The van der Waals surface area contributed by atoms with Crippen LogP contribution in [0.15, 0.2) is 52.2 Å². The van der Waals surface area contributed by atoms with Crippen LogP contribution in [-0.2, 0) is 21.4 Å². The molecule has 162 valence electrons. The van der Waals surface area contributed by atoms with Crippen LogP contribution >= 0.6 is 11.6 Å². The smallest absolute Gasteiger partial charge is 0.357 e. The number of sulfonamides is 1. The third-order valence-electron chi connectivity index (χ3n) is 4.34. The average Bonchev–Trinajstić information content (AvgIpc) is 2.71. The van der Waals surface area contributed by atoms with Crippen LogP contribution in [0.3, 0.4) is 0 Å². The summed E-state index contributed by atoms with van der Waals surface area (Å²) in [6.07, 6.45) is 0. The predicted molar refractivity (Wildman–Crippen MR) is 114 cm³/mol. The van der Waals surface area contributed by atoms with E-state index in [0.717, 1.165) is 8.99 Å². The zero-order valence-corrected chi connectivity index (χ0v) is 17.9. The highest BCUT2D eigenvalue weighted by molar-refractivity contribution is 7.89. The molecule has 0 aliphatic carbocycles. The molecule has 10 nitrogen and oxygen atoms in total. The topological polar surface area (TPSA) is 139 Å². The van der Waals surface area contributed by atoms with Crippen molar-refractivity contribution in [3.63, 3.8) is 0 Å². The minimum atomic E-state index is -3.85. The van der Waals surface area contributed by atoms with Gasteiger partial charge in [-0.25, -0.2) is 22.2 Å². The Morgan fingerprint density at radius 1 is 1.16 bits per heavy atom. The highest BCUT2D eigenvalue weighted by Crippen LogP contribution is 2.26. The molecule has 1 aromatic heterocycles. The number of benzene rings is 2. The van der Waals surface area contributed by atoms with Crippen molar-refractivity contribution < 1.29 is 23.1 Å². The first-order valence-electron chi connectivity index (χ1n) is 8.77. The lowest BCUT2D eigenvalue weighted by atomic mass is 10.1. The number of rotatable bonds is 6. The van der Waals surface area contributed by atoms with Crippen molar-refractivity contribution >= 4 is 50.0 Å². The molecular weight excluding hydrogens is 448 g/mol. The van der Waals surface area contributed by atoms with Gasteiger partial charge in [0.05, 0.1) is 10.4 Å². The number of anilines is 1. The molecule has 0 saturated carbocycles. The lowest BCUT2D eigenvalue weighted by Gasteiger charge is -2.14. The van der Waals surface area contributed by atoms with Gasteiger partial charge >= 0.3 is 5.97 Å². The number of aromatic nitrogens is 2. The van der Waals surface area contributed by atoms with Crippen molar-refractivity contribution in [2.24, 2.45) is 0 Å². The van der Waals surface area contributed by atoms with Gasteiger partial charge in [-0.2, -0.15) is 5.10 Å². The predicted octanol–water partition coefficient (Wildman–Crippen LogP) is 1.64. The zero-order chi connectivity index (χ0) is 22.9. The van der Waals surface area contributed by atoms with E-state index in [0.29, 0.717) is 0 Å². The Morgan fingerprint density at radius 2 is 1.81 bits per heavy atom. The second-order valence-corrected chi connectivity index (χ2v) is 9.17. The molecule has 3 aromatic rings. The molecule has 0 saturated heterocycles. The first-order chi connectivity index (χ1) is 14.5. The largest absolute Gasteiger partial charge is 0.476 e. The average molecular weight is 465 g/mol. The molecule has 0 atom stereocenters. The fraction of sp³-hybridized carbons (Fsp3) is 0.158. The van der Waals surface area contributed by atoms with Crippen molar-refractivity contribution in [1.29, 1.82) is 0 Å². The Kier molecular flexibility index (Phi) is 6.11. The molecule has 0 aliphatic rings. The lowest BCUT2D eigenvalue weighted by Crippen LogP contribution is -2.31. The van der Waals surface area contributed by atoms with Crippen LogP contribution in [0.1, 0.15) is 10.5 Å². The van der Waals surface area contributed by atoms with Crippen LogP contribution in [0.5, 0.6) is 0 Å². The molecule has 0 unspecified atom stereocenters. The van der Waals surface area contributed by atoms with Gasteiger partial charge < -0.3 is 10.4 Å². The third kappa shape index (κ3) is 4.43. The van der Waals surface area contributed by atoms with Crippen molar-refractivity contribution in [3.8, 4) is 0 Å². The maximum absolute atomic E-state index is 12.6. The maximum Gasteiger partial charge on any atom is 0.357 e. The van der Waals surface area contributed by atoms with E-state index in [-0.39, 0.29) is 32.1 Å². The SMILES string of the molecule is CN(C)S(=O)(=O)c1cc(NC(=O)Cn2nc(C(=O)O)c3ccccc3c2=O)ccc1Cl. The molecular formula is C19H17ClN4O6S. The molecule has 0 fully saturated rings. The Balaban J connectivity index is 1.94. The number of carbonyl (C=O) groups excluding carboxylic acids is 1. The minimum Gasteiger partial charge on any atom is -0.476 e. The molecule has 1 amide bonds.